The smallest absolute Gasteiger partial charge is 0.337 e. The highest BCUT2D eigenvalue weighted by Gasteiger charge is 2.42. The molecule has 1 atom stereocenters. The van der Waals surface area contributed by atoms with E-state index in [9.17, 15) is 22.8 Å². The van der Waals surface area contributed by atoms with E-state index in [2.05, 4.69) is 5.32 Å². The summed E-state index contributed by atoms with van der Waals surface area (Å²) in [5.41, 5.74) is 0.425. The Labute approximate surface area is 145 Å². The van der Waals surface area contributed by atoms with E-state index >= 15 is 0 Å². The summed E-state index contributed by atoms with van der Waals surface area (Å²) in [6.07, 6.45) is -4.63. The van der Waals surface area contributed by atoms with Gasteiger partial charge in [-0.3, -0.25) is 9.59 Å². The standard InChI is InChI=1S/C17H13F3N2O2S/c18-17(19,20)15(10-4-2-1-3-5-10)22-16(24)11-6-7-13-12(8-11)21-14(23)9-25-13/h1-8,15H,9H2,(H,21,23)(H,22,24)/t15-/m0/s1. The number of halogens is 3. The van der Waals surface area contributed by atoms with Gasteiger partial charge in [-0.05, 0) is 23.8 Å². The van der Waals surface area contributed by atoms with Crippen LogP contribution in [0.1, 0.15) is 22.0 Å². The van der Waals surface area contributed by atoms with Crippen LogP contribution in [0.4, 0.5) is 18.9 Å². The van der Waals surface area contributed by atoms with Gasteiger partial charge in [0.05, 0.1) is 11.4 Å². The second-order valence-corrected chi connectivity index (χ2v) is 6.42. The minimum absolute atomic E-state index is 0.0479. The van der Waals surface area contributed by atoms with Crippen molar-refractivity contribution in [3.8, 4) is 0 Å². The fourth-order valence-corrected chi connectivity index (χ4v) is 3.23. The topological polar surface area (TPSA) is 58.2 Å². The van der Waals surface area contributed by atoms with Crippen molar-refractivity contribution in [2.45, 2.75) is 17.1 Å². The van der Waals surface area contributed by atoms with Gasteiger partial charge in [-0.25, -0.2) is 0 Å². The molecule has 1 aliphatic rings. The summed E-state index contributed by atoms with van der Waals surface area (Å²) in [6, 6.07) is 9.50. The van der Waals surface area contributed by atoms with E-state index in [1.54, 1.807) is 12.1 Å². The van der Waals surface area contributed by atoms with E-state index in [4.69, 9.17) is 0 Å². The van der Waals surface area contributed by atoms with Crippen LogP contribution in [0, 0.1) is 0 Å². The van der Waals surface area contributed by atoms with Gasteiger partial charge in [0, 0.05) is 10.5 Å². The van der Waals surface area contributed by atoms with Crippen molar-refractivity contribution in [1.29, 1.82) is 0 Å². The molecule has 1 heterocycles. The monoisotopic (exact) mass is 366 g/mol. The molecule has 4 nitrogen and oxygen atoms in total. The van der Waals surface area contributed by atoms with Gasteiger partial charge in [0.2, 0.25) is 5.91 Å². The SMILES string of the molecule is O=C1CSc2ccc(C(=O)N[C@@H](c3ccccc3)C(F)(F)F)cc2N1. The molecule has 0 aromatic heterocycles. The molecule has 0 radical (unpaired) electrons. The first kappa shape index (κ1) is 17.3. The Morgan fingerprint density at radius 2 is 1.88 bits per heavy atom. The lowest BCUT2D eigenvalue weighted by Gasteiger charge is -2.22. The molecule has 0 bridgehead atoms. The lowest BCUT2D eigenvalue weighted by molar-refractivity contribution is -0.155. The van der Waals surface area contributed by atoms with Crippen molar-refractivity contribution in [2.75, 3.05) is 11.1 Å². The van der Waals surface area contributed by atoms with Crippen LogP contribution in [0.5, 0.6) is 0 Å². The van der Waals surface area contributed by atoms with Crippen LogP contribution in [0.3, 0.4) is 0 Å². The minimum Gasteiger partial charge on any atom is -0.337 e. The van der Waals surface area contributed by atoms with Crippen LogP contribution in [0.2, 0.25) is 0 Å². The van der Waals surface area contributed by atoms with E-state index in [0.29, 0.717) is 5.69 Å². The lowest BCUT2D eigenvalue weighted by atomic mass is 10.1. The number of alkyl halides is 3. The number of carbonyl (C=O) groups is 2. The van der Waals surface area contributed by atoms with Gasteiger partial charge >= 0.3 is 6.18 Å². The van der Waals surface area contributed by atoms with Crippen LogP contribution >= 0.6 is 11.8 Å². The summed E-state index contributed by atoms with van der Waals surface area (Å²) in [4.78, 5) is 24.5. The van der Waals surface area contributed by atoms with Crippen molar-refractivity contribution in [1.82, 2.24) is 5.32 Å². The second kappa shape index (κ2) is 6.79. The summed E-state index contributed by atoms with van der Waals surface area (Å²) in [6.45, 7) is 0. The fraction of sp³-hybridized carbons (Fsp3) is 0.176. The van der Waals surface area contributed by atoms with E-state index < -0.39 is 18.1 Å². The Morgan fingerprint density at radius 1 is 1.16 bits per heavy atom. The van der Waals surface area contributed by atoms with Crippen LogP contribution < -0.4 is 10.6 Å². The number of benzene rings is 2. The molecule has 25 heavy (non-hydrogen) atoms. The lowest BCUT2D eigenvalue weighted by Crippen LogP contribution is -2.38. The molecule has 3 rings (SSSR count). The van der Waals surface area contributed by atoms with Gasteiger partial charge in [0.15, 0.2) is 6.04 Å². The zero-order valence-corrected chi connectivity index (χ0v) is 13.6. The largest absolute Gasteiger partial charge is 0.412 e. The van der Waals surface area contributed by atoms with Crippen molar-refractivity contribution in [2.24, 2.45) is 0 Å². The number of anilines is 1. The van der Waals surface area contributed by atoms with Gasteiger partial charge in [0.1, 0.15) is 0 Å². The van der Waals surface area contributed by atoms with Gasteiger partial charge in [0.25, 0.3) is 5.91 Å². The summed E-state index contributed by atoms with van der Waals surface area (Å²) in [7, 11) is 0. The molecule has 0 spiro atoms. The Bertz CT molecular complexity index is 809. The molecule has 2 N–H and O–H groups in total. The number of fused-ring (bicyclic) bond motifs is 1. The minimum atomic E-state index is -4.63. The van der Waals surface area contributed by atoms with Crippen molar-refractivity contribution >= 4 is 29.3 Å². The quantitative estimate of drug-likeness (QED) is 0.870. The highest BCUT2D eigenvalue weighted by atomic mass is 32.2. The van der Waals surface area contributed by atoms with Gasteiger partial charge in [-0.15, -0.1) is 11.8 Å². The zero-order valence-electron chi connectivity index (χ0n) is 12.8. The number of hydrogen-bond donors (Lipinski definition) is 2. The number of rotatable bonds is 3. The van der Waals surface area contributed by atoms with Gasteiger partial charge in [-0.1, -0.05) is 30.3 Å². The molecular weight excluding hydrogens is 353 g/mol. The number of amides is 2. The first-order valence-corrected chi connectivity index (χ1v) is 8.32. The summed E-state index contributed by atoms with van der Waals surface area (Å²) in [5.74, 6) is -0.811. The van der Waals surface area contributed by atoms with Crippen molar-refractivity contribution in [3.63, 3.8) is 0 Å². The van der Waals surface area contributed by atoms with Crippen LogP contribution in [-0.4, -0.2) is 23.7 Å². The Hall–Kier alpha value is -2.48. The maximum absolute atomic E-state index is 13.3. The molecule has 0 unspecified atom stereocenters. The van der Waals surface area contributed by atoms with E-state index in [1.165, 1.54) is 48.2 Å². The van der Waals surface area contributed by atoms with Gasteiger partial charge in [-0.2, -0.15) is 13.2 Å². The van der Waals surface area contributed by atoms with Crippen LogP contribution in [0.15, 0.2) is 53.4 Å². The second-order valence-electron chi connectivity index (χ2n) is 5.41. The van der Waals surface area contributed by atoms with E-state index in [1.807, 2.05) is 5.32 Å². The predicted octanol–water partition coefficient (Wildman–Crippen LogP) is 3.76. The summed E-state index contributed by atoms with van der Waals surface area (Å²) >= 11 is 1.31. The van der Waals surface area contributed by atoms with E-state index in [0.717, 1.165) is 4.90 Å². The zero-order chi connectivity index (χ0) is 18.0. The molecular formula is C17H13F3N2O2S. The highest BCUT2D eigenvalue weighted by Crippen LogP contribution is 2.34. The average Bonchev–Trinajstić information content (AvgIpc) is 2.58. The van der Waals surface area contributed by atoms with Gasteiger partial charge < -0.3 is 10.6 Å². The molecule has 1 aliphatic heterocycles. The first-order chi connectivity index (χ1) is 11.8. The molecule has 2 amide bonds. The molecule has 2 aromatic rings. The normalized spacial score (nSPS) is 15.1. The summed E-state index contributed by atoms with van der Waals surface area (Å²) < 4.78 is 40.0. The molecule has 8 heteroatoms. The fourth-order valence-electron chi connectivity index (χ4n) is 2.44. The molecule has 0 aliphatic carbocycles. The summed E-state index contributed by atoms with van der Waals surface area (Å²) in [5, 5.41) is 4.63. The Kier molecular flexibility index (Phi) is 4.71. The van der Waals surface area contributed by atoms with E-state index in [-0.39, 0.29) is 22.8 Å². The predicted molar refractivity (Wildman–Crippen MR) is 88.5 cm³/mol. The third-order valence-electron chi connectivity index (χ3n) is 3.61. The number of nitrogens with one attached hydrogen (secondary N) is 2. The Balaban J connectivity index is 1.85. The first-order valence-electron chi connectivity index (χ1n) is 7.34. The third kappa shape index (κ3) is 3.96. The van der Waals surface area contributed by atoms with Crippen LogP contribution in [0.25, 0.3) is 0 Å². The van der Waals surface area contributed by atoms with Crippen molar-refractivity contribution in [3.05, 3.63) is 59.7 Å². The average molecular weight is 366 g/mol. The van der Waals surface area contributed by atoms with Crippen LogP contribution in [-0.2, 0) is 4.79 Å². The molecule has 0 fully saturated rings. The highest BCUT2D eigenvalue weighted by molar-refractivity contribution is 8.00. The Morgan fingerprint density at radius 3 is 2.56 bits per heavy atom. The molecule has 2 aromatic carbocycles. The third-order valence-corrected chi connectivity index (χ3v) is 4.68. The molecule has 130 valence electrons. The number of carbonyl (C=O) groups excluding carboxylic acids is 2. The maximum atomic E-state index is 13.3. The molecule has 0 saturated carbocycles. The molecule has 0 saturated heterocycles. The number of hydrogen-bond acceptors (Lipinski definition) is 3. The number of thioether (sulfide) groups is 1. The maximum Gasteiger partial charge on any atom is 0.412 e. The van der Waals surface area contributed by atoms with Crippen molar-refractivity contribution < 1.29 is 22.8 Å².